The summed E-state index contributed by atoms with van der Waals surface area (Å²) in [5, 5.41) is 19.3. The molecule has 0 fully saturated rings. The maximum atomic E-state index is 10.5. The minimum atomic E-state index is -0.754. The van der Waals surface area contributed by atoms with Gasteiger partial charge in [-0.2, -0.15) is 5.26 Å². The Hall–Kier alpha value is -2.31. The number of para-hydroxylation sites is 1. The number of aliphatic hydroxyl groups is 1. The normalized spacial score (nSPS) is 11.7. The highest BCUT2D eigenvalue weighted by Gasteiger charge is 2.15. The van der Waals surface area contributed by atoms with Crippen LogP contribution >= 0.6 is 0 Å². The summed E-state index contributed by atoms with van der Waals surface area (Å²) in [6, 6.07) is 16.5. The summed E-state index contributed by atoms with van der Waals surface area (Å²) in [5.74, 6) is 0.700. The maximum absolute atomic E-state index is 10.5. The number of hydrogen-bond acceptors (Lipinski definition) is 3. The van der Waals surface area contributed by atoms with Crippen molar-refractivity contribution in [2.24, 2.45) is 0 Å². The molecule has 3 nitrogen and oxygen atoms in total. The average molecular weight is 267 g/mol. The van der Waals surface area contributed by atoms with Crippen LogP contribution in [0.2, 0.25) is 0 Å². The van der Waals surface area contributed by atoms with E-state index in [2.05, 4.69) is 6.07 Å². The summed E-state index contributed by atoms with van der Waals surface area (Å²) in [7, 11) is 0. The molecule has 0 bridgehead atoms. The molecule has 0 heterocycles. The third-order valence-corrected chi connectivity index (χ3v) is 3.03. The molecule has 0 amide bonds. The van der Waals surface area contributed by atoms with Crippen LogP contribution in [0.5, 0.6) is 5.75 Å². The summed E-state index contributed by atoms with van der Waals surface area (Å²) < 4.78 is 5.66. The van der Waals surface area contributed by atoms with Gasteiger partial charge in [-0.25, -0.2) is 0 Å². The lowest BCUT2D eigenvalue weighted by Gasteiger charge is -2.16. The summed E-state index contributed by atoms with van der Waals surface area (Å²) in [6.45, 7) is 2.66. The van der Waals surface area contributed by atoms with E-state index in [0.717, 1.165) is 17.5 Å². The molecule has 3 heteroatoms. The fourth-order valence-corrected chi connectivity index (χ4v) is 1.97. The first-order valence-electron chi connectivity index (χ1n) is 6.66. The number of aliphatic hydroxyl groups excluding tert-OH is 1. The second kappa shape index (κ2) is 6.74. The summed E-state index contributed by atoms with van der Waals surface area (Å²) >= 11 is 0. The first kappa shape index (κ1) is 14.1. The van der Waals surface area contributed by atoms with Crippen molar-refractivity contribution in [2.75, 3.05) is 6.61 Å². The van der Waals surface area contributed by atoms with Crippen molar-refractivity contribution in [1.29, 1.82) is 5.26 Å². The zero-order valence-electron chi connectivity index (χ0n) is 11.4. The van der Waals surface area contributed by atoms with Crippen LogP contribution < -0.4 is 4.74 Å². The number of ether oxygens (including phenoxy) is 1. The van der Waals surface area contributed by atoms with E-state index in [1.54, 1.807) is 24.3 Å². The molecule has 20 heavy (non-hydrogen) atoms. The molecule has 0 saturated carbocycles. The molecule has 2 aromatic rings. The Balaban J connectivity index is 2.27. The van der Waals surface area contributed by atoms with Crippen LogP contribution in [0.3, 0.4) is 0 Å². The Kier molecular flexibility index (Phi) is 4.75. The molecule has 2 rings (SSSR count). The molecule has 2 aromatic carbocycles. The molecule has 0 aliphatic carbocycles. The predicted molar refractivity (Wildman–Crippen MR) is 77.4 cm³/mol. The number of nitrogens with zero attached hydrogens (tertiary/aromatic N) is 1. The van der Waals surface area contributed by atoms with E-state index in [-0.39, 0.29) is 0 Å². The zero-order valence-corrected chi connectivity index (χ0v) is 11.4. The second-order valence-electron chi connectivity index (χ2n) is 4.52. The standard InChI is InChI=1S/C17H17NO2/c1-2-11-20-16-6-4-3-5-15(16)17(19)14-9-7-13(12-18)8-10-14/h3-10,17,19H,2,11H2,1H3. The molecular weight excluding hydrogens is 250 g/mol. The molecule has 102 valence electrons. The van der Waals surface area contributed by atoms with Crippen LogP contribution in [0.4, 0.5) is 0 Å². The first-order chi connectivity index (χ1) is 9.76. The molecule has 0 aliphatic rings. The van der Waals surface area contributed by atoms with Crippen LogP contribution in [0.15, 0.2) is 48.5 Å². The third-order valence-electron chi connectivity index (χ3n) is 3.03. The molecule has 0 radical (unpaired) electrons. The lowest BCUT2D eigenvalue weighted by molar-refractivity contribution is 0.210. The van der Waals surface area contributed by atoms with Gasteiger partial charge in [0.15, 0.2) is 0 Å². The van der Waals surface area contributed by atoms with E-state index < -0.39 is 6.10 Å². The van der Waals surface area contributed by atoms with E-state index in [4.69, 9.17) is 10.00 Å². The summed E-state index contributed by atoms with van der Waals surface area (Å²) in [4.78, 5) is 0. The lowest BCUT2D eigenvalue weighted by atomic mass is 10.00. The molecular formula is C17H17NO2. The highest BCUT2D eigenvalue weighted by atomic mass is 16.5. The molecule has 0 aromatic heterocycles. The molecule has 0 spiro atoms. The molecule has 1 N–H and O–H groups in total. The van der Waals surface area contributed by atoms with Gasteiger partial charge >= 0.3 is 0 Å². The summed E-state index contributed by atoms with van der Waals surface area (Å²) in [5.41, 5.74) is 2.07. The third kappa shape index (κ3) is 3.17. The Morgan fingerprint density at radius 1 is 1.15 bits per heavy atom. The van der Waals surface area contributed by atoms with E-state index >= 15 is 0 Å². The quantitative estimate of drug-likeness (QED) is 0.903. The van der Waals surface area contributed by atoms with E-state index in [9.17, 15) is 5.11 Å². The van der Waals surface area contributed by atoms with Crippen LogP contribution in [-0.2, 0) is 0 Å². The lowest BCUT2D eigenvalue weighted by Crippen LogP contribution is -2.04. The van der Waals surface area contributed by atoms with Gasteiger partial charge in [0, 0.05) is 5.56 Å². The predicted octanol–water partition coefficient (Wildman–Crippen LogP) is 3.43. The van der Waals surface area contributed by atoms with Gasteiger partial charge in [-0.15, -0.1) is 0 Å². The van der Waals surface area contributed by atoms with Crippen molar-refractivity contribution >= 4 is 0 Å². The highest BCUT2D eigenvalue weighted by Crippen LogP contribution is 2.30. The molecule has 1 atom stereocenters. The van der Waals surface area contributed by atoms with Crippen molar-refractivity contribution in [3.05, 3.63) is 65.2 Å². The van der Waals surface area contributed by atoms with Gasteiger partial charge in [-0.3, -0.25) is 0 Å². The number of hydrogen-bond donors (Lipinski definition) is 1. The van der Waals surface area contributed by atoms with Crippen LogP contribution in [-0.4, -0.2) is 11.7 Å². The monoisotopic (exact) mass is 267 g/mol. The van der Waals surface area contributed by atoms with Crippen molar-refractivity contribution in [1.82, 2.24) is 0 Å². The van der Waals surface area contributed by atoms with Crippen molar-refractivity contribution in [3.8, 4) is 11.8 Å². The van der Waals surface area contributed by atoms with Crippen molar-refractivity contribution in [2.45, 2.75) is 19.4 Å². The van der Waals surface area contributed by atoms with Crippen molar-refractivity contribution < 1.29 is 9.84 Å². The average Bonchev–Trinajstić information content (AvgIpc) is 2.52. The first-order valence-corrected chi connectivity index (χ1v) is 6.66. The fourth-order valence-electron chi connectivity index (χ4n) is 1.97. The molecule has 0 aliphatic heterocycles. The van der Waals surface area contributed by atoms with Gasteiger partial charge < -0.3 is 9.84 Å². The van der Waals surface area contributed by atoms with E-state index in [1.807, 2.05) is 31.2 Å². The van der Waals surface area contributed by atoms with Gasteiger partial charge in [0.05, 0.1) is 18.2 Å². The maximum Gasteiger partial charge on any atom is 0.125 e. The van der Waals surface area contributed by atoms with Gasteiger partial charge in [-0.05, 0) is 30.2 Å². The highest BCUT2D eigenvalue weighted by molar-refractivity contribution is 5.42. The number of nitriles is 1. The minimum absolute atomic E-state index is 0.580. The smallest absolute Gasteiger partial charge is 0.125 e. The van der Waals surface area contributed by atoms with E-state index in [1.165, 1.54) is 0 Å². The van der Waals surface area contributed by atoms with Gasteiger partial charge in [0.1, 0.15) is 11.9 Å². The molecule has 0 saturated heterocycles. The topological polar surface area (TPSA) is 53.2 Å². The Morgan fingerprint density at radius 2 is 1.85 bits per heavy atom. The van der Waals surface area contributed by atoms with Crippen LogP contribution in [0, 0.1) is 11.3 Å². The van der Waals surface area contributed by atoms with Gasteiger partial charge in [0.2, 0.25) is 0 Å². The summed E-state index contributed by atoms with van der Waals surface area (Å²) in [6.07, 6.45) is 0.164. The number of benzene rings is 2. The Labute approximate surface area is 119 Å². The van der Waals surface area contributed by atoms with Gasteiger partial charge in [0.25, 0.3) is 0 Å². The van der Waals surface area contributed by atoms with Crippen LogP contribution in [0.25, 0.3) is 0 Å². The zero-order chi connectivity index (χ0) is 14.4. The largest absolute Gasteiger partial charge is 0.493 e. The Bertz CT molecular complexity index is 599. The van der Waals surface area contributed by atoms with Crippen molar-refractivity contribution in [3.63, 3.8) is 0 Å². The fraction of sp³-hybridized carbons (Fsp3) is 0.235. The second-order valence-corrected chi connectivity index (χ2v) is 4.52. The SMILES string of the molecule is CCCOc1ccccc1C(O)c1ccc(C#N)cc1. The van der Waals surface area contributed by atoms with E-state index in [0.29, 0.717) is 17.9 Å². The molecule has 1 unspecified atom stereocenters. The van der Waals surface area contributed by atoms with Gasteiger partial charge in [-0.1, -0.05) is 37.3 Å². The Morgan fingerprint density at radius 3 is 2.50 bits per heavy atom. The number of rotatable bonds is 5. The van der Waals surface area contributed by atoms with Crippen LogP contribution in [0.1, 0.15) is 36.1 Å². The minimum Gasteiger partial charge on any atom is -0.493 e.